The number of H-pyrrole nitrogens is 2. The first kappa shape index (κ1) is 11.1. The van der Waals surface area contributed by atoms with E-state index in [4.69, 9.17) is 0 Å². The molecule has 0 saturated carbocycles. The molecule has 84 valence electrons. The van der Waals surface area contributed by atoms with Gasteiger partial charge in [0, 0.05) is 14.7 Å². The van der Waals surface area contributed by atoms with Crippen LogP contribution < -0.4 is 16.6 Å². The Hall–Kier alpha value is -1.41. The summed E-state index contributed by atoms with van der Waals surface area (Å²) in [7, 11) is 0. The van der Waals surface area contributed by atoms with Crippen LogP contribution >= 0.6 is 27.3 Å². The van der Waals surface area contributed by atoms with Crippen molar-refractivity contribution in [3.63, 3.8) is 0 Å². The molecule has 0 atom stereocenters. The fraction of sp³-hybridized carbons (Fsp3) is 0.125. The van der Waals surface area contributed by atoms with E-state index in [1.165, 1.54) is 0 Å². The molecule has 0 aliphatic rings. The minimum atomic E-state index is -0.616. The van der Waals surface area contributed by atoms with Crippen LogP contribution in [0.25, 0.3) is 0 Å². The molecule has 0 spiro atoms. The molecule has 16 heavy (non-hydrogen) atoms. The predicted octanol–water partition coefficient (Wildman–Crippen LogP) is 0.894. The lowest BCUT2D eigenvalue weighted by atomic mass is 10.4. The third-order valence-electron chi connectivity index (χ3n) is 1.76. The Bertz CT molecular complexity index is 602. The zero-order chi connectivity index (χ0) is 11.5. The van der Waals surface area contributed by atoms with E-state index < -0.39 is 11.2 Å². The summed E-state index contributed by atoms with van der Waals surface area (Å²) < 4.78 is 0.998. The Kier molecular flexibility index (Phi) is 3.20. The molecule has 0 aliphatic heterocycles. The van der Waals surface area contributed by atoms with Gasteiger partial charge < -0.3 is 5.32 Å². The Morgan fingerprint density at radius 2 is 2.31 bits per heavy atom. The number of nitrogens with one attached hydrogen (secondary N) is 3. The fourth-order valence-electron chi connectivity index (χ4n) is 1.08. The van der Waals surface area contributed by atoms with Gasteiger partial charge in [-0.05, 0) is 22.0 Å². The number of hydrogen-bond donors (Lipinski definition) is 3. The van der Waals surface area contributed by atoms with Crippen molar-refractivity contribution in [2.75, 3.05) is 5.32 Å². The van der Waals surface area contributed by atoms with Crippen LogP contribution in [-0.4, -0.2) is 15.2 Å². The first-order valence-corrected chi connectivity index (χ1v) is 5.98. The van der Waals surface area contributed by atoms with Gasteiger partial charge in [0.25, 0.3) is 5.56 Å². The Morgan fingerprint density at radius 3 is 2.94 bits per heavy atom. The molecule has 0 radical (unpaired) electrons. The summed E-state index contributed by atoms with van der Waals surface area (Å²) in [5.41, 5.74) is -1.14. The van der Waals surface area contributed by atoms with Crippen molar-refractivity contribution in [3.8, 4) is 0 Å². The number of hydrogen-bond acceptors (Lipinski definition) is 5. The molecular weight excluding hydrogens is 296 g/mol. The van der Waals surface area contributed by atoms with Gasteiger partial charge in [0.1, 0.15) is 0 Å². The highest BCUT2D eigenvalue weighted by Gasteiger charge is 2.02. The van der Waals surface area contributed by atoms with Crippen molar-refractivity contribution in [1.29, 1.82) is 0 Å². The van der Waals surface area contributed by atoms with Crippen LogP contribution in [0.3, 0.4) is 0 Å². The molecule has 6 nitrogen and oxygen atoms in total. The molecule has 0 saturated heterocycles. The molecule has 8 heteroatoms. The maximum atomic E-state index is 11.3. The molecule has 2 rings (SSSR count). The second kappa shape index (κ2) is 4.62. The molecule has 0 unspecified atom stereocenters. The first-order chi connectivity index (χ1) is 7.65. The summed E-state index contributed by atoms with van der Waals surface area (Å²) in [6.07, 6.45) is 0. The van der Waals surface area contributed by atoms with Gasteiger partial charge in [0.15, 0.2) is 0 Å². The molecular formula is C8H7BrN4O2S. The molecule has 2 aromatic rings. The lowest BCUT2D eigenvalue weighted by molar-refractivity contribution is 0.884. The van der Waals surface area contributed by atoms with Gasteiger partial charge in [-0.25, -0.2) is 9.89 Å². The van der Waals surface area contributed by atoms with Gasteiger partial charge in [0.2, 0.25) is 5.82 Å². The van der Waals surface area contributed by atoms with Crippen LogP contribution in [-0.2, 0) is 6.54 Å². The summed E-state index contributed by atoms with van der Waals surface area (Å²) in [5.74, 6) is 0.101. The number of anilines is 1. The van der Waals surface area contributed by atoms with E-state index in [1.807, 2.05) is 11.4 Å². The number of aromatic amines is 2. The van der Waals surface area contributed by atoms with E-state index >= 15 is 0 Å². The molecule has 3 N–H and O–H groups in total. The zero-order valence-electron chi connectivity index (χ0n) is 7.91. The van der Waals surface area contributed by atoms with Crippen LogP contribution in [0.2, 0.25) is 0 Å². The third-order valence-corrected chi connectivity index (χ3v) is 3.46. The Balaban J connectivity index is 2.10. The molecule has 0 amide bonds. The van der Waals surface area contributed by atoms with Crippen LogP contribution in [0, 0.1) is 0 Å². The van der Waals surface area contributed by atoms with Gasteiger partial charge in [-0.1, -0.05) is 0 Å². The average Bonchev–Trinajstić information content (AvgIpc) is 2.63. The van der Waals surface area contributed by atoms with E-state index in [0.717, 1.165) is 9.35 Å². The quantitative estimate of drug-likeness (QED) is 0.785. The first-order valence-electron chi connectivity index (χ1n) is 4.31. The van der Waals surface area contributed by atoms with Gasteiger partial charge in [0.05, 0.1) is 6.54 Å². The van der Waals surface area contributed by atoms with E-state index in [2.05, 4.69) is 36.4 Å². The Morgan fingerprint density at radius 1 is 1.50 bits per heavy atom. The van der Waals surface area contributed by atoms with Crippen LogP contribution in [0.4, 0.5) is 5.82 Å². The number of aromatic nitrogens is 3. The zero-order valence-corrected chi connectivity index (χ0v) is 10.3. The normalized spacial score (nSPS) is 10.3. The summed E-state index contributed by atoms with van der Waals surface area (Å²) >= 11 is 4.89. The lowest BCUT2D eigenvalue weighted by Crippen LogP contribution is -2.26. The van der Waals surface area contributed by atoms with Crippen molar-refractivity contribution >= 4 is 33.1 Å². The van der Waals surface area contributed by atoms with Gasteiger partial charge in [-0.3, -0.25) is 9.78 Å². The largest absolute Gasteiger partial charge is 0.359 e. The van der Waals surface area contributed by atoms with E-state index in [9.17, 15) is 9.59 Å². The van der Waals surface area contributed by atoms with E-state index in [1.54, 1.807) is 11.3 Å². The van der Waals surface area contributed by atoms with Crippen LogP contribution in [0.5, 0.6) is 0 Å². The Labute approximate surface area is 102 Å². The van der Waals surface area contributed by atoms with Gasteiger partial charge in [-0.2, -0.15) is 0 Å². The predicted molar refractivity (Wildman–Crippen MR) is 64.8 cm³/mol. The van der Waals surface area contributed by atoms with E-state index in [0.29, 0.717) is 6.54 Å². The summed E-state index contributed by atoms with van der Waals surface area (Å²) in [4.78, 5) is 25.1. The van der Waals surface area contributed by atoms with E-state index in [-0.39, 0.29) is 5.82 Å². The fourth-order valence-corrected chi connectivity index (χ4v) is 2.48. The highest BCUT2D eigenvalue weighted by Crippen LogP contribution is 2.19. The van der Waals surface area contributed by atoms with Crippen molar-refractivity contribution in [1.82, 2.24) is 15.2 Å². The second-order valence-corrected chi connectivity index (χ2v) is 4.85. The molecule has 0 bridgehead atoms. The number of thiophene rings is 1. The summed E-state index contributed by atoms with van der Waals surface area (Å²) in [5, 5.41) is 10.5. The number of halogens is 1. The smallest absolute Gasteiger partial charge is 0.342 e. The molecule has 2 heterocycles. The van der Waals surface area contributed by atoms with Crippen LogP contribution in [0.1, 0.15) is 4.88 Å². The second-order valence-electron chi connectivity index (χ2n) is 2.94. The minimum Gasteiger partial charge on any atom is -0.359 e. The highest BCUT2D eigenvalue weighted by atomic mass is 79.9. The van der Waals surface area contributed by atoms with Gasteiger partial charge >= 0.3 is 5.69 Å². The topological polar surface area (TPSA) is 90.6 Å². The van der Waals surface area contributed by atoms with Gasteiger partial charge in [-0.15, -0.1) is 16.4 Å². The SMILES string of the molecule is O=c1[nH]nc(NCc2cc(Br)cs2)c(=O)[nH]1. The highest BCUT2D eigenvalue weighted by molar-refractivity contribution is 9.10. The maximum Gasteiger partial charge on any atom is 0.342 e. The number of nitrogens with zero attached hydrogens (tertiary/aromatic N) is 1. The maximum absolute atomic E-state index is 11.3. The summed E-state index contributed by atoms with van der Waals surface area (Å²) in [6.45, 7) is 0.485. The van der Waals surface area contributed by atoms with Crippen molar-refractivity contribution < 1.29 is 0 Å². The van der Waals surface area contributed by atoms with Crippen LogP contribution in [0.15, 0.2) is 25.5 Å². The molecule has 0 aromatic carbocycles. The monoisotopic (exact) mass is 302 g/mol. The standard InChI is InChI=1S/C8H7BrN4O2S/c9-4-1-5(16-3-4)2-10-6-7(14)11-8(15)13-12-6/h1,3H,2H2,(H,10,12)(H2,11,13,14,15). The van der Waals surface area contributed by atoms with Crippen molar-refractivity contribution in [2.45, 2.75) is 6.54 Å². The number of rotatable bonds is 3. The van der Waals surface area contributed by atoms with Crippen molar-refractivity contribution in [3.05, 3.63) is 41.6 Å². The average molecular weight is 303 g/mol. The minimum absolute atomic E-state index is 0.101. The van der Waals surface area contributed by atoms with Crippen molar-refractivity contribution in [2.24, 2.45) is 0 Å². The molecule has 2 aromatic heterocycles. The summed E-state index contributed by atoms with van der Waals surface area (Å²) in [6, 6.07) is 1.94. The molecule has 0 aliphatic carbocycles. The third kappa shape index (κ3) is 2.58. The molecule has 0 fully saturated rings. The lowest BCUT2D eigenvalue weighted by Gasteiger charge is -2.00.